The fourth-order valence-electron chi connectivity index (χ4n) is 3.63. The molecule has 0 aliphatic heterocycles. The van der Waals surface area contributed by atoms with Crippen LogP contribution in [-0.2, 0) is 10.0 Å². The first-order valence-corrected chi connectivity index (χ1v) is 11.1. The third-order valence-corrected chi connectivity index (χ3v) is 6.95. The van der Waals surface area contributed by atoms with Gasteiger partial charge in [-0.05, 0) is 49.8 Å². The number of aryl methyl sites for hydroxylation is 2. The molecule has 1 unspecified atom stereocenters. The SMILES string of the molecule is Cc1ccc2[nH]c(C)c(C(C/C(F)=C/CN)c3cccc(S(=O)(=O)N(C)C)c3)c2n1. The van der Waals surface area contributed by atoms with Gasteiger partial charge in [0.1, 0.15) is 0 Å². The summed E-state index contributed by atoms with van der Waals surface area (Å²) in [7, 11) is -0.647. The third kappa shape index (κ3) is 4.30. The van der Waals surface area contributed by atoms with Gasteiger partial charge in [-0.15, -0.1) is 0 Å². The number of aromatic amines is 1. The summed E-state index contributed by atoms with van der Waals surface area (Å²) in [6.07, 6.45) is 1.41. The monoisotopic (exact) mass is 430 g/mol. The van der Waals surface area contributed by atoms with Gasteiger partial charge in [-0.2, -0.15) is 0 Å². The van der Waals surface area contributed by atoms with Crippen LogP contribution in [0.3, 0.4) is 0 Å². The Labute approximate surface area is 176 Å². The minimum Gasteiger partial charge on any atom is -0.357 e. The lowest BCUT2D eigenvalue weighted by Gasteiger charge is -2.19. The number of nitrogens with two attached hydrogens (primary N) is 1. The number of fused-ring (bicyclic) bond motifs is 1. The molecule has 0 saturated heterocycles. The van der Waals surface area contributed by atoms with Crippen molar-refractivity contribution in [3.8, 4) is 0 Å². The molecule has 0 saturated carbocycles. The average Bonchev–Trinajstić information content (AvgIpc) is 3.01. The molecule has 30 heavy (non-hydrogen) atoms. The highest BCUT2D eigenvalue weighted by atomic mass is 32.2. The maximum atomic E-state index is 14.6. The van der Waals surface area contributed by atoms with Crippen LogP contribution in [0.1, 0.15) is 34.9 Å². The number of aromatic nitrogens is 2. The number of nitrogens with one attached hydrogen (secondary N) is 1. The first-order chi connectivity index (χ1) is 14.1. The molecule has 1 atom stereocenters. The lowest BCUT2D eigenvalue weighted by molar-refractivity contribution is 0.520. The first-order valence-electron chi connectivity index (χ1n) is 9.68. The summed E-state index contributed by atoms with van der Waals surface area (Å²) in [5, 5.41) is 0. The topological polar surface area (TPSA) is 92.1 Å². The molecular formula is C22H27FN4O2S. The summed E-state index contributed by atoms with van der Waals surface area (Å²) in [5.41, 5.74) is 10.4. The van der Waals surface area contributed by atoms with Crippen molar-refractivity contribution in [2.45, 2.75) is 31.1 Å². The molecule has 2 aromatic heterocycles. The van der Waals surface area contributed by atoms with Gasteiger partial charge in [0, 0.05) is 49.9 Å². The van der Waals surface area contributed by atoms with E-state index in [1.807, 2.05) is 32.0 Å². The summed E-state index contributed by atoms with van der Waals surface area (Å²) in [5.74, 6) is -0.766. The maximum Gasteiger partial charge on any atom is 0.242 e. The molecule has 160 valence electrons. The number of sulfonamides is 1. The van der Waals surface area contributed by atoms with Crippen LogP contribution in [0.5, 0.6) is 0 Å². The minimum absolute atomic E-state index is 0.0616. The Morgan fingerprint density at radius 2 is 2.00 bits per heavy atom. The maximum absolute atomic E-state index is 14.6. The van der Waals surface area contributed by atoms with Gasteiger partial charge in [0.25, 0.3) is 0 Å². The summed E-state index contributed by atoms with van der Waals surface area (Å²) in [6, 6.07) is 10.5. The smallest absolute Gasteiger partial charge is 0.242 e. The second-order valence-corrected chi connectivity index (χ2v) is 9.67. The van der Waals surface area contributed by atoms with Gasteiger partial charge in [-0.25, -0.2) is 17.1 Å². The molecule has 2 heterocycles. The number of allylic oxidation sites excluding steroid dienone is 1. The van der Waals surface area contributed by atoms with Crippen LogP contribution in [-0.4, -0.2) is 43.3 Å². The molecule has 0 amide bonds. The van der Waals surface area contributed by atoms with Crippen molar-refractivity contribution in [1.29, 1.82) is 0 Å². The summed E-state index contributed by atoms with van der Waals surface area (Å²) >= 11 is 0. The molecule has 0 aliphatic rings. The fourth-order valence-corrected chi connectivity index (χ4v) is 4.59. The number of benzene rings is 1. The average molecular weight is 431 g/mol. The Hall–Kier alpha value is -2.55. The zero-order valence-electron chi connectivity index (χ0n) is 17.6. The normalized spacial score (nSPS) is 13.9. The number of hydrogen-bond donors (Lipinski definition) is 2. The van der Waals surface area contributed by atoms with Crippen molar-refractivity contribution in [3.05, 3.63) is 70.8 Å². The number of nitrogens with zero attached hydrogens (tertiary/aromatic N) is 2. The highest BCUT2D eigenvalue weighted by molar-refractivity contribution is 7.89. The van der Waals surface area contributed by atoms with E-state index in [-0.39, 0.29) is 23.7 Å². The van der Waals surface area contributed by atoms with Gasteiger partial charge in [0.2, 0.25) is 10.0 Å². The van der Waals surface area contributed by atoms with Gasteiger partial charge < -0.3 is 10.7 Å². The highest BCUT2D eigenvalue weighted by Gasteiger charge is 2.25. The number of halogens is 1. The van der Waals surface area contributed by atoms with Gasteiger partial charge in [-0.1, -0.05) is 12.1 Å². The molecule has 3 aromatic rings. The summed E-state index contributed by atoms with van der Waals surface area (Å²) < 4.78 is 41.1. The van der Waals surface area contributed by atoms with E-state index in [2.05, 4.69) is 9.97 Å². The standard InChI is InChI=1S/C22H27FN4O2S/c1-14-8-9-20-22(25-14)21(15(2)26-20)19(13-17(23)10-11-24)16-6-5-7-18(12-16)30(28,29)27(3)4/h5-10,12,19,26H,11,13,24H2,1-4H3/b17-10-. The Morgan fingerprint density at radius 3 is 2.67 bits per heavy atom. The molecule has 0 fully saturated rings. The minimum atomic E-state index is -3.62. The van der Waals surface area contributed by atoms with Crippen LogP contribution in [0.15, 0.2) is 53.2 Å². The van der Waals surface area contributed by atoms with Crippen molar-refractivity contribution >= 4 is 21.1 Å². The molecule has 3 rings (SSSR count). The summed E-state index contributed by atoms with van der Waals surface area (Å²) in [6.45, 7) is 3.92. The van der Waals surface area contributed by atoms with Crippen LogP contribution in [0.2, 0.25) is 0 Å². The first kappa shape index (κ1) is 22.1. The number of hydrogen-bond acceptors (Lipinski definition) is 4. The van der Waals surface area contributed by atoms with Crippen molar-refractivity contribution in [2.75, 3.05) is 20.6 Å². The van der Waals surface area contributed by atoms with E-state index in [1.54, 1.807) is 18.2 Å². The lowest BCUT2D eigenvalue weighted by atomic mass is 9.87. The van der Waals surface area contributed by atoms with E-state index in [4.69, 9.17) is 5.73 Å². The van der Waals surface area contributed by atoms with E-state index >= 15 is 0 Å². The Balaban J connectivity index is 2.23. The largest absolute Gasteiger partial charge is 0.357 e. The van der Waals surface area contributed by atoms with Gasteiger partial charge >= 0.3 is 0 Å². The van der Waals surface area contributed by atoms with E-state index in [0.29, 0.717) is 5.56 Å². The molecular weight excluding hydrogens is 403 g/mol. The molecule has 3 N–H and O–H groups in total. The molecule has 0 bridgehead atoms. The molecule has 6 nitrogen and oxygen atoms in total. The molecule has 0 aliphatic carbocycles. The Kier molecular flexibility index (Phi) is 6.40. The molecule has 0 radical (unpaired) electrons. The van der Waals surface area contributed by atoms with Crippen LogP contribution in [0.25, 0.3) is 11.0 Å². The zero-order chi connectivity index (χ0) is 22.1. The van der Waals surface area contributed by atoms with Crippen LogP contribution in [0, 0.1) is 13.8 Å². The second kappa shape index (κ2) is 8.67. The third-order valence-electron chi connectivity index (χ3n) is 5.14. The van der Waals surface area contributed by atoms with Crippen molar-refractivity contribution in [2.24, 2.45) is 5.73 Å². The Morgan fingerprint density at radius 1 is 1.27 bits per heavy atom. The van der Waals surface area contributed by atoms with Gasteiger partial charge in [0.05, 0.1) is 21.8 Å². The highest BCUT2D eigenvalue weighted by Crippen LogP contribution is 2.38. The van der Waals surface area contributed by atoms with Crippen molar-refractivity contribution in [3.63, 3.8) is 0 Å². The van der Waals surface area contributed by atoms with Crippen LogP contribution in [0.4, 0.5) is 4.39 Å². The summed E-state index contributed by atoms with van der Waals surface area (Å²) in [4.78, 5) is 8.15. The van der Waals surface area contributed by atoms with E-state index in [9.17, 15) is 12.8 Å². The number of rotatable bonds is 7. The van der Waals surface area contributed by atoms with Gasteiger partial charge in [-0.3, -0.25) is 4.98 Å². The molecule has 8 heteroatoms. The Bertz CT molecular complexity index is 1200. The van der Waals surface area contributed by atoms with Crippen molar-refractivity contribution in [1.82, 2.24) is 14.3 Å². The predicted octanol–water partition coefficient (Wildman–Crippen LogP) is 3.76. The van der Waals surface area contributed by atoms with Crippen molar-refractivity contribution < 1.29 is 12.8 Å². The van der Waals surface area contributed by atoms with Crippen LogP contribution >= 0.6 is 0 Å². The molecule has 0 spiro atoms. The molecule has 1 aromatic carbocycles. The quantitative estimate of drug-likeness (QED) is 0.597. The number of pyridine rings is 1. The van der Waals surface area contributed by atoms with E-state index < -0.39 is 15.9 Å². The predicted molar refractivity (Wildman–Crippen MR) is 118 cm³/mol. The van der Waals surface area contributed by atoms with E-state index in [1.165, 1.54) is 20.2 Å². The van der Waals surface area contributed by atoms with Crippen LogP contribution < -0.4 is 5.73 Å². The van der Waals surface area contributed by atoms with E-state index in [0.717, 1.165) is 32.3 Å². The fraction of sp³-hybridized carbons (Fsp3) is 0.318. The lowest BCUT2D eigenvalue weighted by Crippen LogP contribution is -2.22. The zero-order valence-corrected chi connectivity index (χ0v) is 18.4. The second-order valence-electron chi connectivity index (χ2n) is 7.52. The van der Waals surface area contributed by atoms with Gasteiger partial charge in [0.15, 0.2) is 0 Å². The number of H-pyrrole nitrogens is 1.